The van der Waals surface area contributed by atoms with E-state index in [0.717, 1.165) is 11.4 Å². The van der Waals surface area contributed by atoms with E-state index in [2.05, 4.69) is 15.4 Å². The Morgan fingerprint density at radius 1 is 1.50 bits per heavy atom. The molecule has 0 spiro atoms. The Labute approximate surface area is 105 Å². The molecule has 0 aromatic carbocycles. The second-order valence-electron chi connectivity index (χ2n) is 4.46. The first-order valence-electron chi connectivity index (χ1n) is 6.04. The van der Waals surface area contributed by atoms with Gasteiger partial charge in [0.1, 0.15) is 5.69 Å². The molecule has 1 saturated carbocycles. The van der Waals surface area contributed by atoms with Crippen LogP contribution in [-0.4, -0.2) is 37.5 Å². The molecule has 3 rings (SSSR count). The lowest BCUT2D eigenvalue weighted by atomic mass is 10.3. The molecule has 0 atom stereocenters. The van der Waals surface area contributed by atoms with E-state index in [1.54, 1.807) is 15.6 Å². The zero-order chi connectivity index (χ0) is 12.5. The van der Waals surface area contributed by atoms with Crippen LogP contribution in [0.15, 0.2) is 12.3 Å². The highest BCUT2D eigenvalue weighted by atomic mass is 16.5. The SMILES string of the molecule is Cn1nccc1-c1c(N)nnn1CCOC1CC1. The number of nitrogen functional groups attached to an aromatic ring is 1. The normalized spacial score (nSPS) is 15.2. The average molecular weight is 248 g/mol. The van der Waals surface area contributed by atoms with Gasteiger partial charge in [0.2, 0.25) is 0 Å². The van der Waals surface area contributed by atoms with Gasteiger partial charge in [0.05, 0.1) is 24.9 Å². The van der Waals surface area contributed by atoms with Gasteiger partial charge in [-0.1, -0.05) is 5.21 Å². The van der Waals surface area contributed by atoms with Gasteiger partial charge in [-0.15, -0.1) is 5.10 Å². The fourth-order valence-corrected chi connectivity index (χ4v) is 1.89. The summed E-state index contributed by atoms with van der Waals surface area (Å²) in [5, 5.41) is 12.1. The second-order valence-corrected chi connectivity index (χ2v) is 4.46. The smallest absolute Gasteiger partial charge is 0.175 e. The summed E-state index contributed by atoms with van der Waals surface area (Å²) in [7, 11) is 1.87. The highest BCUT2D eigenvalue weighted by molar-refractivity contribution is 5.66. The molecule has 2 N–H and O–H groups in total. The quantitative estimate of drug-likeness (QED) is 0.830. The third-order valence-electron chi connectivity index (χ3n) is 3.01. The van der Waals surface area contributed by atoms with Crippen molar-refractivity contribution in [2.45, 2.75) is 25.5 Å². The molecule has 1 aliphatic rings. The first-order chi connectivity index (χ1) is 8.75. The lowest BCUT2D eigenvalue weighted by Gasteiger charge is -2.07. The van der Waals surface area contributed by atoms with Gasteiger partial charge in [0, 0.05) is 13.2 Å². The monoisotopic (exact) mass is 248 g/mol. The molecule has 1 aliphatic carbocycles. The van der Waals surface area contributed by atoms with Crippen molar-refractivity contribution in [1.82, 2.24) is 24.8 Å². The molecule has 2 heterocycles. The predicted octanol–water partition coefficient (Wildman–Crippen LogP) is 0.440. The summed E-state index contributed by atoms with van der Waals surface area (Å²) in [6.07, 6.45) is 4.53. The number of ether oxygens (including phenoxy) is 1. The topological polar surface area (TPSA) is 83.8 Å². The summed E-state index contributed by atoms with van der Waals surface area (Å²) in [5.41, 5.74) is 7.58. The van der Waals surface area contributed by atoms with E-state index in [4.69, 9.17) is 10.5 Å². The van der Waals surface area contributed by atoms with E-state index in [1.807, 2.05) is 13.1 Å². The van der Waals surface area contributed by atoms with Gasteiger partial charge in [-0.05, 0) is 18.9 Å². The van der Waals surface area contributed by atoms with Crippen LogP contribution in [0, 0.1) is 0 Å². The van der Waals surface area contributed by atoms with Crippen LogP contribution in [-0.2, 0) is 18.3 Å². The zero-order valence-electron chi connectivity index (χ0n) is 10.3. The molecule has 96 valence electrons. The number of nitrogens with two attached hydrogens (primary N) is 1. The van der Waals surface area contributed by atoms with Crippen LogP contribution < -0.4 is 5.73 Å². The van der Waals surface area contributed by atoms with Crippen LogP contribution >= 0.6 is 0 Å². The second kappa shape index (κ2) is 4.41. The van der Waals surface area contributed by atoms with Crippen LogP contribution in [0.4, 0.5) is 5.82 Å². The molecule has 7 heteroatoms. The highest BCUT2D eigenvalue weighted by Crippen LogP contribution is 2.25. The largest absolute Gasteiger partial charge is 0.380 e. The Balaban J connectivity index is 1.79. The van der Waals surface area contributed by atoms with Crippen molar-refractivity contribution in [3.63, 3.8) is 0 Å². The minimum Gasteiger partial charge on any atom is -0.380 e. The van der Waals surface area contributed by atoms with Crippen LogP contribution in [0.5, 0.6) is 0 Å². The fraction of sp³-hybridized carbons (Fsp3) is 0.545. The van der Waals surface area contributed by atoms with Crippen molar-refractivity contribution in [3.05, 3.63) is 12.3 Å². The van der Waals surface area contributed by atoms with Crippen molar-refractivity contribution in [3.8, 4) is 11.4 Å². The van der Waals surface area contributed by atoms with Gasteiger partial charge in [-0.3, -0.25) is 4.68 Å². The molecular weight excluding hydrogens is 232 g/mol. The standard InChI is InChI=1S/C11H16N6O/c1-16-9(4-5-13-16)10-11(12)14-15-17(10)6-7-18-8-2-3-8/h4-5,8H,2-3,6-7,12H2,1H3. The summed E-state index contributed by atoms with van der Waals surface area (Å²) >= 11 is 0. The highest BCUT2D eigenvalue weighted by Gasteiger charge is 2.22. The lowest BCUT2D eigenvalue weighted by molar-refractivity contribution is 0.109. The summed E-state index contributed by atoms with van der Waals surface area (Å²) in [4.78, 5) is 0. The Morgan fingerprint density at radius 3 is 3.00 bits per heavy atom. The fourth-order valence-electron chi connectivity index (χ4n) is 1.89. The molecule has 0 bridgehead atoms. The maximum atomic E-state index is 5.87. The predicted molar refractivity (Wildman–Crippen MR) is 65.6 cm³/mol. The van der Waals surface area contributed by atoms with Crippen LogP contribution in [0.1, 0.15) is 12.8 Å². The van der Waals surface area contributed by atoms with Gasteiger partial charge >= 0.3 is 0 Å². The molecule has 0 saturated heterocycles. The Bertz CT molecular complexity index is 541. The van der Waals surface area contributed by atoms with Crippen LogP contribution in [0.2, 0.25) is 0 Å². The molecular formula is C11H16N6O. The zero-order valence-corrected chi connectivity index (χ0v) is 10.3. The van der Waals surface area contributed by atoms with E-state index in [9.17, 15) is 0 Å². The summed E-state index contributed by atoms with van der Waals surface area (Å²) < 4.78 is 9.15. The molecule has 0 amide bonds. The Hall–Kier alpha value is -1.89. The number of hydrogen-bond acceptors (Lipinski definition) is 5. The van der Waals surface area contributed by atoms with E-state index >= 15 is 0 Å². The third-order valence-corrected chi connectivity index (χ3v) is 3.01. The molecule has 18 heavy (non-hydrogen) atoms. The summed E-state index contributed by atoms with van der Waals surface area (Å²) in [5.74, 6) is 0.421. The minimum absolute atomic E-state index is 0.421. The van der Waals surface area contributed by atoms with Crippen LogP contribution in [0.3, 0.4) is 0 Å². The Kier molecular flexibility index (Phi) is 2.75. The van der Waals surface area contributed by atoms with Gasteiger partial charge in [-0.2, -0.15) is 5.10 Å². The van der Waals surface area contributed by atoms with Crippen molar-refractivity contribution in [2.75, 3.05) is 12.3 Å². The number of rotatable bonds is 5. The van der Waals surface area contributed by atoms with Gasteiger partial charge in [0.15, 0.2) is 5.82 Å². The number of nitrogens with zero attached hydrogens (tertiary/aromatic N) is 5. The first kappa shape index (κ1) is 11.2. The molecule has 2 aromatic heterocycles. The van der Waals surface area contributed by atoms with Crippen molar-refractivity contribution >= 4 is 5.82 Å². The lowest BCUT2D eigenvalue weighted by Crippen LogP contribution is -2.11. The first-order valence-corrected chi connectivity index (χ1v) is 6.04. The Morgan fingerprint density at radius 2 is 2.33 bits per heavy atom. The van der Waals surface area contributed by atoms with Gasteiger partial charge in [0.25, 0.3) is 0 Å². The summed E-state index contributed by atoms with van der Waals surface area (Å²) in [6, 6.07) is 1.90. The van der Waals surface area contributed by atoms with E-state index in [1.165, 1.54) is 12.8 Å². The summed E-state index contributed by atoms with van der Waals surface area (Å²) in [6.45, 7) is 1.29. The minimum atomic E-state index is 0.421. The molecule has 0 radical (unpaired) electrons. The molecule has 1 fully saturated rings. The van der Waals surface area contributed by atoms with E-state index in [-0.39, 0.29) is 0 Å². The molecule has 7 nitrogen and oxygen atoms in total. The maximum absolute atomic E-state index is 5.87. The molecule has 2 aromatic rings. The average Bonchev–Trinajstić information content (AvgIpc) is 2.98. The van der Waals surface area contributed by atoms with Crippen molar-refractivity contribution in [1.29, 1.82) is 0 Å². The molecule has 0 aliphatic heterocycles. The van der Waals surface area contributed by atoms with Gasteiger partial charge < -0.3 is 10.5 Å². The van der Waals surface area contributed by atoms with Gasteiger partial charge in [-0.25, -0.2) is 4.68 Å². The third kappa shape index (κ3) is 2.08. The van der Waals surface area contributed by atoms with Crippen molar-refractivity contribution in [2.24, 2.45) is 7.05 Å². The maximum Gasteiger partial charge on any atom is 0.175 e. The van der Waals surface area contributed by atoms with Crippen molar-refractivity contribution < 1.29 is 4.74 Å². The number of anilines is 1. The van der Waals surface area contributed by atoms with Crippen LogP contribution in [0.25, 0.3) is 11.4 Å². The number of aryl methyl sites for hydroxylation is 1. The van der Waals surface area contributed by atoms with E-state index in [0.29, 0.717) is 25.1 Å². The number of hydrogen-bond donors (Lipinski definition) is 1. The van der Waals surface area contributed by atoms with E-state index < -0.39 is 0 Å². The number of aromatic nitrogens is 5. The molecule has 0 unspecified atom stereocenters.